The van der Waals surface area contributed by atoms with Crippen LogP contribution in [-0.4, -0.2) is 34.2 Å². The lowest BCUT2D eigenvalue weighted by Crippen LogP contribution is -2.39. The van der Waals surface area contributed by atoms with E-state index in [9.17, 15) is 10.1 Å². The normalized spacial score (nSPS) is 16.6. The third-order valence-electron chi connectivity index (χ3n) is 3.99. The number of non-ortho nitro benzene ring substituents is 1. The van der Waals surface area contributed by atoms with Crippen LogP contribution >= 0.6 is 23.6 Å². The van der Waals surface area contributed by atoms with Crippen molar-refractivity contribution in [1.82, 2.24) is 4.90 Å². The number of hydrogen-bond acceptors (Lipinski definition) is 5. The number of anilines is 1. The van der Waals surface area contributed by atoms with Crippen LogP contribution in [0, 0.1) is 10.1 Å². The zero-order valence-electron chi connectivity index (χ0n) is 13.6. The molecule has 1 N–H and O–H groups in total. The minimum absolute atomic E-state index is 0.0614. The van der Waals surface area contributed by atoms with Crippen LogP contribution in [-0.2, 0) is 11.3 Å². The third kappa shape index (κ3) is 4.97. The molecule has 0 saturated carbocycles. The largest absolute Gasteiger partial charge is 0.376 e. The summed E-state index contributed by atoms with van der Waals surface area (Å²) in [6.07, 6.45) is 2.32. The summed E-state index contributed by atoms with van der Waals surface area (Å²) in [6, 6.07) is 10.4. The zero-order valence-corrected chi connectivity index (χ0v) is 15.2. The molecule has 1 aromatic heterocycles. The molecule has 2 aromatic rings. The average molecular weight is 377 g/mol. The molecule has 3 rings (SSSR count). The summed E-state index contributed by atoms with van der Waals surface area (Å²) >= 11 is 7.27. The summed E-state index contributed by atoms with van der Waals surface area (Å²) in [7, 11) is 0. The van der Waals surface area contributed by atoms with Gasteiger partial charge >= 0.3 is 0 Å². The fraction of sp³-hybridized carbons (Fsp3) is 0.353. The highest BCUT2D eigenvalue weighted by molar-refractivity contribution is 7.80. The van der Waals surface area contributed by atoms with Crippen LogP contribution in [0.1, 0.15) is 17.7 Å². The standard InChI is InChI=1S/C17H19N3O3S2/c21-20(22)14-7-5-13(6-8-14)18-17(24)19(11-15-3-1-9-23-15)12-16-4-2-10-25-16/h2,4-8,10,15H,1,3,9,11-12H2,(H,18,24)/t15-/m0/s1. The van der Waals surface area contributed by atoms with E-state index in [2.05, 4.69) is 16.3 Å². The molecular formula is C17H19N3O3S2. The number of nitrogens with one attached hydrogen (secondary N) is 1. The maximum absolute atomic E-state index is 10.8. The Hall–Kier alpha value is -2.03. The van der Waals surface area contributed by atoms with Gasteiger partial charge < -0.3 is 15.0 Å². The minimum atomic E-state index is -0.414. The Balaban J connectivity index is 1.67. The molecule has 0 unspecified atom stereocenters. The highest BCUT2D eigenvalue weighted by Gasteiger charge is 2.21. The van der Waals surface area contributed by atoms with Crippen LogP contribution in [0.5, 0.6) is 0 Å². The first-order valence-corrected chi connectivity index (χ1v) is 9.35. The van der Waals surface area contributed by atoms with Gasteiger partial charge in [-0.15, -0.1) is 11.3 Å². The number of thiophene rings is 1. The van der Waals surface area contributed by atoms with E-state index in [4.69, 9.17) is 17.0 Å². The molecule has 0 radical (unpaired) electrons. The van der Waals surface area contributed by atoms with E-state index in [1.807, 2.05) is 11.4 Å². The van der Waals surface area contributed by atoms with Crippen molar-refractivity contribution in [1.29, 1.82) is 0 Å². The number of ether oxygens (including phenoxy) is 1. The molecule has 0 amide bonds. The van der Waals surface area contributed by atoms with Crippen LogP contribution in [0.3, 0.4) is 0 Å². The van der Waals surface area contributed by atoms with Gasteiger partial charge in [0, 0.05) is 35.8 Å². The minimum Gasteiger partial charge on any atom is -0.376 e. The van der Waals surface area contributed by atoms with Gasteiger partial charge in [-0.2, -0.15) is 0 Å². The average Bonchev–Trinajstić information content (AvgIpc) is 3.28. The number of nitrogens with zero attached hydrogens (tertiary/aromatic N) is 2. The van der Waals surface area contributed by atoms with Gasteiger partial charge in [0.05, 0.1) is 17.6 Å². The fourth-order valence-corrected chi connectivity index (χ4v) is 3.69. The van der Waals surface area contributed by atoms with Crippen molar-refractivity contribution in [2.24, 2.45) is 0 Å². The second-order valence-corrected chi connectivity index (χ2v) is 7.25. The van der Waals surface area contributed by atoms with Crippen molar-refractivity contribution in [3.63, 3.8) is 0 Å². The van der Waals surface area contributed by atoms with Crippen LogP contribution in [0.15, 0.2) is 41.8 Å². The van der Waals surface area contributed by atoms with Crippen molar-refractivity contribution < 1.29 is 9.66 Å². The fourth-order valence-electron chi connectivity index (χ4n) is 2.71. The molecule has 1 saturated heterocycles. The zero-order chi connectivity index (χ0) is 17.6. The highest BCUT2D eigenvalue weighted by Crippen LogP contribution is 2.20. The quantitative estimate of drug-likeness (QED) is 0.466. The van der Waals surface area contributed by atoms with Crippen LogP contribution in [0.25, 0.3) is 0 Å². The van der Waals surface area contributed by atoms with Crippen LogP contribution in [0.2, 0.25) is 0 Å². The SMILES string of the molecule is O=[N+]([O-])c1ccc(NC(=S)N(Cc2cccs2)C[C@@H]2CCCO2)cc1. The van der Waals surface area contributed by atoms with E-state index >= 15 is 0 Å². The maximum Gasteiger partial charge on any atom is 0.269 e. The lowest BCUT2D eigenvalue weighted by molar-refractivity contribution is -0.384. The summed E-state index contributed by atoms with van der Waals surface area (Å²) in [5, 5.41) is 16.6. The molecule has 6 nitrogen and oxygen atoms in total. The first-order chi connectivity index (χ1) is 12.1. The number of benzene rings is 1. The van der Waals surface area contributed by atoms with Gasteiger partial charge in [0.25, 0.3) is 5.69 Å². The Labute approximate surface area is 155 Å². The van der Waals surface area contributed by atoms with E-state index in [-0.39, 0.29) is 11.8 Å². The summed E-state index contributed by atoms with van der Waals surface area (Å²) in [5.74, 6) is 0. The Morgan fingerprint density at radius 1 is 1.40 bits per heavy atom. The molecular weight excluding hydrogens is 358 g/mol. The predicted molar refractivity (Wildman–Crippen MR) is 103 cm³/mol. The number of rotatable bonds is 6. The van der Waals surface area contributed by atoms with E-state index in [0.29, 0.717) is 5.11 Å². The number of nitro benzene ring substituents is 1. The topological polar surface area (TPSA) is 67.6 Å². The van der Waals surface area contributed by atoms with E-state index in [0.717, 1.165) is 38.2 Å². The molecule has 0 aliphatic carbocycles. The number of hydrogen-bond donors (Lipinski definition) is 1. The van der Waals surface area contributed by atoms with E-state index in [1.165, 1.54) is 17.0 Å². The van der Waals surface area contributed by atoms with Crippen molar-refractivity contribution in [2.75, 3.05) is 18.5 Å². The molecule has 1 aliphatic heterocycles. The number of thiocarbonyl (C=S) groups is 1. The highest BCUT2D eigenvalue weighted by atomic mass is 32.1. The van der Waals surface area contributed by atoms with Gasteiger partial charge in [-0.05, 0) is 48.6 Å². The molecule has 1 aromatic carbocycles. The molecule has 1 atom stereocenters. The molecule has 8 heteroatoms. The summed E-state index contributed by atoms with van der Waals surface area (Å²) in [6.45, 7) is 2.26. The number of nitro groups is 1. The smallest absolute Gasteiger partial charge is 0.269 e. The van der Waals surface area contributed by atoms with Crippen molar-refractivity contribution in [3.05, 3.63) is 56.8 Å². The van der Waals surface area contributed by atoms with E-state index in [1.54, 1.807) is 23.5 Å². The Kier molecular flexibility index (Phi) is 5.95. The Bertz CT molecular complexity index is 713. The van der Waals surface area contributed by atoms with Crippen molar-refractivity contribution in [3.8, 4) is 0 Å². The first kappa shape index (κ1) is 17.8. The summed E-state index contributed by atoms with van der Waals surface area (Å²) in [5.41, 5.74) is 0.797. The Morgan fingerprint density at radius 3 is 2.80 bits per heavy atom. The van der Waals surface area contributed by atoms with Gasteiger partial charge in [0.2, 0.25) is 0 Å². The van der Waals surface area contributed by atoms with Crippen LogP contribution in [0.4, 0.5) is 11.4 Å². The van der Waals surface area contributed by atoms with Gasteiger partial charge in [-0.25, -0.2) is 0 Å². The molecule has 132 valence electrons. The maximum atomic E-state index is 10.8. The van der Waals surface area contributed by atoms with Crippen molar-refractivity contribution in [2.45, 2.75) is 25.5 Å². The molecule has 1 aliphatic rings. The monoisotopic (exact) mass is 377 g/mol. The predicted octanol–water partition coefficient (Wildman–Crippen LogP) is 4.03. The second-order valence-electron chi connectivity index (χ2n) is 5.83. The lowest BCUT2D eigenvalue weighted by Gasteiger charge is -2.27. The van der Waals surface area contributed by atoms with E-state index < -0.39 is 4.92 Å². The van der Waals surface area contributed by atoms with Gasteiger partial charge in [0.15, 0.2) is 5.11 Å². The Morgan fingerprint density at radius 2 is 2.20 bits per heavy atom. The lowest BCUT2D eigenvalue weighted by atomic mass is 10.2. The molecule has 1 fully saturated rings. The summed E-state index contributed by atoms with van der Waals surface area (Å²) < 4.78 is 5.74. The molecule has 0 spiro atoms. The van der Waals surface area contributed by atoms with Crippen LogP contribution < -0.4 is 5.32 Å². The third-order valence-corrected chi connectivity index (χ3v) is 5.21. The molecule has 25 heavy (non-hydrogen) atoms. The molecule has 2 heterocycles. The van der Waals surface area contributed by atoms with Gasteiger partial charge in [-0.3, -0.25) is 10.1 Å². The first-order valence-electron chi connectivity index (χ1n) is 8.06. The second kappa shape index (κ2) is 8.37. The van der Waals surface area contributed by atoms with Gasteiger partial charge in [0.1, 0.15) is 0 Å². The van der Waals surface area contributed by atoms with Gasteiger partial charge in [-0.1, -0.05) is 6.07 Å². The van der Waals surface area contributed by atoms with Crippen molar-refractivity contribution >= 4 is 40.0 Å². The molecule has 0 bridgehead atoms. The summed E-state index contributed by atoms with van der Waals surface area (Å²) in [4.78, 5) is 13.7.